The van der Waals surface area contributed by atoms with E-state index < -0.39 is 0 Å². The molecule has 3 unspecified atom stereocenters. The number of hydrogen-bond donors (Lipinski definition) is 0. The van der Waals surface area contributed by atoms with Gasteiger partial charge in [0.1, 0.15) is 4.60 Å². The van der Waals surface area contributed by atoms with Gasteiger partial charge in [-0.15, -0.1) is 16.7 Å². The molecule has 2 nitrogen and oxygen atoms in total. The molecular formula is C13H18BrClN2. The van der Waals surface area contributed by atoms with Crippen molar-refractivity contribution in [3.05, 3.63) is 21.9 Å². The SMILES string of the molecule is CCCC1CC(Cl)C(c2cc(Br)nnc2C)C1. The van der Waals surface area contributed by atoms with Crippen LogP contribution in [-0.4, -0.2) is 15.6 Å². The Kier molecular flexibility index (Phi) is 4.42. The molecule has 1 aromatic heterocycles. The summed E-state index contributed by atoms with van der Waals surface area (Å²) in [6, 6.07) is 2.08. The van der Waals surface area contributed by atoms with Crippen LogP contribution in [0.4, 0.5) is 0 Å². The van der Waals surface area contributed by atoms with Crippen LogP contribution in [0.2, 0.25) is 0 Å². The maximum atomic E-state index is 6.50. The highest BCUT2D eigenvalue weighted by molar-refractivity contribution is 9.10. The second-order valence-electron chi connectivity index (χ2n) is 4.96. The van der Waals surface area contributed by atoms with Crippen LogP contribution in [-0.2, 0) is 0 Å². The van der Waals surface area contributed by atoms with Crippen LogP contribution in [0, 0.1) is 12.8 Å². The number of aryl methyl sites for hydroxylation is 1. The summed E-state index contributed by atoms with van der Waals surface area (Å²) in [5.74, 6) is 1.22. The molecular weight excluding hydrogens is 300 g/mol. The zero-order valence-electron chi connectivity index (χ0n) is 10.3. The standard InChI is InChI=1S/C13H18BrClN2/c1-3-4-9-5-11(12(15)6-9)10-7-13(14)17-16-8(10)2/h7,9,11-12H,3-6H2,1-2H3. The highest BCUT2D eigenvalue weighted by Crippen LogP contribution is 2.44. The lowest BCUT2D eigenvalue weighted by Crippen LogP contribution is -2.08. The summed E-state index contributed by atoms with van der Waals surface area (Å²) in [6.07, 6.45) is 4.87. The van der Waals surface area contributed by atoms with Gasteiger partial charge in [0.2, 0.25) is 0 Å². The summed E-state index contributed by atoms with van der Waals surface area (Å²) < 4.78 is 0.806. The number of hydrogen-bond acceptors (Lipinski definition) is 2. The molecule has 0 amide bonds. The average Bonchev–Trinajstić information content (AvgIpc) is 2.64. The molecule has 3 atom stereocenters. The van der Waals surface area contributed by atoms with Crippen LogP contribution in [0.5, 0.6) is 0 Å². The fourth-order valence-corrected chi connectivity index (χ4v) is 3.69. The van der Waals surface area contributed by atoms with Crippen molar-refractivity contribution in [2.45, 2.75) is 50.8 Å². The zero-order valence-corrected chi connectivity index (χ0v) is 12.6. The molecule has 0 saturated heterocycles. The Morgan fingerprint density at radius 1 is 1.41 bits per heavy atom. The van der Waals surface area contributed by atoms with Gasteiger partial charge in [-0.3, -0.25) is 0 Å². The van der Waals surface area contributed by atoms with Crippen molar-refractivity contribution in [3.63, 3.8) is 0 Å². The molecule has 1 aliphatic carbocycles. The van der Waals surface area contributed by atoms with E-state index in [9.17, 15) is 0 Å². The highest BCUT2D eigenvalue weighted by atomic mass is 79.9. The van der Waals surface area contributed by atoms with Crippen LogP contribution in [0.3, 0.4) is 0 Å². The summed E-state index contributed by atoms with van der Waals surface area (Å²) in [5, 5.41) is 8.44. The fraction of sp³-hybridized carbons (Fsp3) is 0.692. The second-order valence-corrected chi connectivity index (χ2v) is 6.33. The Balaban J connectivity index is 2.19. The molecule has 0 radical (unpaired) electrons. The third-order valence-electron chi connectivity index (χ3n) is 3.67. The van der Waals surface area contributed by atoms with Crippen LogP contribution in [0.25, 0.3) is 0 Å². The summed E-state index contributed by atoms with van der Waals surface area (Å²) in [4.78, 5) is 0. The van der Waals surface area contributed by atoms with Crippen molar-refractivity contribution in [2.75, 3.05) is 0 Å². The van der Waals surface area contributed by atoms with E-state index >= 15 is 0 Å². The quantitative estimate of drug-likeness (QED) is 0.770. The molecule has 1 saturated carbocycles. The first-order valence-electron chi connectivity index (χ1n) is 6.25. The molecule has 1 aliphatic rings. The molecule has 0 aliphatic heterocycles. The minimum Gasteiger partial charge on any atom is -0.155 e. The number of nitrogens with zero attached hydrogens (tertiary/aromatic N) is 2. The van der Waals surface area contributed by atoms with Gasteiger partial charge in [-0.05, 0) is 53.2 Å². The molecule has 0 N–H and O–H groups in total. The van der Waals surface area contributed by atoms with Gasteiger partial charge in [0, 0.05) is 11.3 Å². The van der Waals surface area contributed by atoms with Gasteiger partial charge in [0.15, 0.2) is 0 Å². The maximum Gasteiger partial charge on any atom is 0.129 e. The lowest BCUT2D eigenvalue weighted by atomic mass is 9.94. The first kappa shape index (κ1) is 13.3. The maximum absolute atomic E-state index is 6.50. The van der Waals surface area contributed by atoms with Crippen LogP contribution < -0.4 is 0 Å². The molecule has 17 heavy (non-hydrogen) atoms. The van der Waals surface area contributed by atoms with Crippen molar-refractivity contribution in [2.24, 2.45) is 5.92 Å². The third kappa shape index (κ3) is 3.00. The van der Waals surface area contributed by atoms with E-state index in [0.717, 1.165) is 22.6 Å². The molecule has 0 bridgehead atoms. The summed E-state index contributed by atoms with van der Waals surface area (Å²) in [6.45, 7) is 4.26. The Bertz CT molecular complexity index is 397. The largest absolute Gasteiger partial charge is 0.155 e. The Labute approximate surface area is 116 Å². The van der Waals surface area contributed by atoms with Gasteiger partial charge in [-0.25, -0.2) is 0 Å². The van der Waals surface area contributed by atoms with Crippen molar-refractivity contribution in [3.8, 4) is 0 Å². The minimum atomic E-state index is 0.251. The molecule has 0 spiro atoms. The predicted molar refractivity (Wildman–Crippen MR) is 74.5 cm³/mol. The van der Waals surface area contributed by atoms with Gasteiger partial charge in [-0.1, -0.05) is 19.8 Å². The van der Waals surface area contributed by atoms with Crippen molar-refractivity contribution < 1.29 is 0 Å². The lowest BCUT2D eigenvalue weighted by Gasteiger charge is -2.15. The second kappa shape index (κ2) is 5.66. The van der Waals surface area contributed by atoms with Gasteiger partial charge >= 0.3 is 0 Å². The van der Waals surface area contributed by atoms with Gasteiger partial charge in [0.05, 0.1) is 5.69 Å². The predicted octanol–water partition coefficient (Wildman–Crippen LogP) is 4.45. The van der Waals surface area contributed by atoms with Crippen molar-refractivity contribution in [1.29, 1.82) is 0 Å². The minimum absolute atomic E-state index is 0.251. The Hall–Kier alpha value is -0.150. The number of alkyl halides is 1. The molecule has 0 aromatic carbocycles. The smallest absolute Gasteiger partial charge is 0.129 e. The van der Waals surface area contributed by atoms with E-state index in [0.29, 0.717) is 5.92 Å². The van der Waals surface area contributed by atoms with Crippen molar-refractivity contribution >= 4 is 27.5 Å². The molecule has 94 valence electrons. The van der Waals surface area contributed by atoms with Crippen LogP contribution in [0.1, 0.15) is 49.8 Å². The molecule has 1 aromatic rings. The molecule has 4 heteroatoms. The Morgan fingerprint density at radius 2 is 2.18 bits per heavy atom. The molecule has 1 heterocycles. The number of rotatable bonds is 3. The number of halogens is 2. The van der Waals surface area contributed by atoms with Crippen molar-refractivity contribution in [1.82, 2.24) is 10.2 Å². The van der Waals surface area contributed by atoms with E-state index in [4.69, 9.17) is 11.6 Å². The first-order chi connectivity index (χ1) is 8.11. The lowest BCUT2D eigenvalue weighted by molar-refractivity contribution is 0.489. The van der Waals surface area contributed by atoms with E-state index in [-0.39, 0.29) is 5.38 Å². The number of aromatic nitrogens is 2. The average molecular weight is 318 g/mol. The Morgan fingerprint density at radius 3 is 2.88 bits per heavy atom. The first-order valence-corrected chi connectivity index (χ1v) is 7.48. The summed E-state index contributed by atoms with van der Waals surface area (Å²) in [5.41, 5.74) is 2.28. The van der Waals surface area contributed by atoms with E-state index in [2.05, 4.69) is 39.1 Å². The van der Waals surface area contributed by atoms with Crippen LogP contribution >= 0.6 is 27.5 Å². The van der Waals surface area contributed by atoms with E-state index in [1.807, 2.05) is 6.92 Å². The van der Waals surface area contributed by atoms with Gasteiger partial charge < -0.3 is 0 Å². The summed E-state index contributed by atoms with van der Waals surface area (Å²) >= 11 is 9.90. The zero-order chi connectivity index (χ0) is 12.4. The molecule has 1 fully saturated rings. The third-order valence-corrected chi connectivity index (χ3v) is 4.54. The van der Waals surface area contributed by atoms with E-state index in [1.165, 1.54) is 24.8 Å². The van der Waals surface area contributed by atoms with Gasteiger partial charge in [-0.2, -0.15) is 5.10 Å². The summed E-state index contributed by atoms with van der Waals surface area (Å²) in [7, 11) is 0. The highest BCUT2D eigenvalue weighted by Gasteiger charge is 2.34. The van der Waals surface area contributed by atoms with Gasteiger partial charge in [0.25, 0.3) is 0 Å². The molecule has 2 rings (SSSR count). The normalized spacial score (nSPS) is 28.6. The topological polar surface area (TPSA) is 25.8 Å². The van der Waals surface area contributed by atoms with E-state index in [1.54, 1.807) is 0 Å². The monoisotopic (exact) mass is 316 g/mol. The van der Waals surface area contributed by atoms with Crippen LogP contribution in [0.15, 0.2) is 10.7 Å². The fourth-order valence-electron chi connectivity index (χ4n) is 2.87.